The Morgan fingerprint density at radius 3 is 2.79 bits per heavy atom. The Kier molecular flexibility index (Phi) is 4.26. The van der Waals surface area contributed by atoms with Crippen molar-refractivity contribution in [1.82, 2.24) is 14.9 Å². The second-order valence-electron chi connectivity index (χ2n) is 4.52. The van der Waals surface area contributed by atoms with Crippen molar-refractivity contribution >= 4 is 29.1 Å². The second-order valence-corrected chi connectivity index (χ2v) is 4.96. The molecule has 1 aliphatic rings. The van der Waals surface area contributed by atoms with Crippen molar-refractivity contribution in [2.45, 2.75) is 19.8 Å². The van der Waals surface area contributed by atoms with E-state index in [4.69, 9.17) is 18.0 Å². The van der Waals surface area contributed by atoms with Crippen LogP contribution in [0.5, 0.6) is 0 Å². The maximum atomic E-state index is 11.9. The van der Waals surface area contributed by atoms with Gasteiger partial charge in [-0.25, -0.2) is 9.97 Å². The molecule has 1 amide bonds. The number of nitrogens with two attached hydrogens (primary N) is 1. The number of carbonyl (C=O) groups is 1. The van der Waals surface area contributed by atoms with Gasteiger partial charge in [-0.2, -0.15) is 0 Å². The largest absolute Gasteiger partial charge is 0.388 e. The third-order valence-corrected chi connectivity index (χ3v) is 3.17. The summed E-state index contributed by atoms with van der Waals surface area (Å²) in [5, 5.41) is 2.93. The van der Waals surface area contributed by atoms with Crippen LogP contribution in [-0.4, -0.2) is 45.4 Å². The van der Waals surface area contributed by atoms with E-state index in [1.807, 2.05) is 11.8 Å². The maximum absolute atomic E-state index is 11.9. The topological polar surface area (TPSA) is 84.1 Å². The Morgan fingerprint density at radius 2 is 2.16 bits per heavy atom. The number of aryl methyl sites for hydroxylation is 1. The van der Waals surface area contributed by atoms with Crippen LogP contribution in [0.4, 0.5) is 5.95 Å². The summed E-state index contributed by atoms with van der Waals surface area (Å²) in [6, 6.07) is 1.72. The lowest BCUT2D eigenvalue weighted by atomic mass is 10.3. The van der Waals surface area contributed by atoms with E-state index in [0.29, 0.717) is 11.6 Å². The van der Waals surface area contributed by atoms with Gasteiger partial charge >= 0.3 is 0 Å². The molecule has 0 radical (unpaired) electrons. The maximum Gasteiger partial charge on any atom is 0.241 e. The van der Waals surface area contributed by atoms with Gasteiger partial charge in [-0.05, 0) is 25.8 Å². The van der Waals surface area contributed by atoms with E-state index in [2.05, 4.69) is 15.3 Å². The van der Waals surface area contributed by atoms with Crippen LogP contribution in [0.3, 0.4) is 0 Å². The zero-order chi connectivity index (χ0) is 13.8. The number of thiocarbonyl (C=S) groups is 1. The van der Waals surface area contributed by atoms with E-state index in [0.717, 1.165) is 31.6 Å². The molecule has 1 saturated heterocycles. The van der Waals surface area contributed by atoms with Gasteiger partial charge in [0.05, 0.1) is 6.54 Å². The molecule has 0 aliphatic carbocycles. The third kappa shape index (κ3) is 3.60. The van der Waals surface area contributed by atoms with Crippen LogP contribution < -0.4 is 11.1 Å². The highest BCUT2D eigenvalue weighted by molar-refractivity contribution is 7.80. The van der Waals surface area contributed by atoms with E-state index in [-0.39, 0.29) is 17.4 Å². The lowest BCUT2D eigenvalue weighted by Crippen LogP contribution is -2.33. The monoisotopic (exact) mass is 279 g/mol. The first-order chi connectivity index (χ1) is 9.06. The minimum atomic E-state index is 0.0690. The Balaban J connectivity index is 1.98. The van der Waals surface area contributed by atoms with Crippen LogP contribution in [-0.2, 0) is 4.79 Å². The molecule has 2 heterocycles. The van der Waals surface area contributed by atoms with Crippen LogP contribution in [0.1, 0.15) is 24.2 Å². The average molecular weight is 279 g/mol. The Bertz CT molecular complexity index is 499. The normalized spacial score (nSPS) is 14.5. The van der Waals surface area contributed by atoms with E-state index < -0.39 is 0 Å². The Hall–Kier alpha value is -1.76. The first kappa shape index (κ1) is 13.7. The zero-order valence-electron chi connectivity index (χ0n) is 10.8. The lowest BCUT2D eigenvalue weighted by molar-refractivity contribution is -0.128. The molecule has 0 saturated carbocycles. The van der Waals surface area contributed by atoms with Gasteiger partial charge in [0.2, 0.25) is 11.9 Å². The number of nitrogens with one attached hydrogen (secondary N) is 1. The summed E-state index contributed by atoms with van der Waals surface area (Å²) < 4.78 is 0. The molecule has 1 aliphatic heterocycles. The number of hydrogen-bond donors (Lipinski definition) is 2. The molecular formula is C12H17N5OS. The minimum absolute atomic E-state index is 0.0690. The molecule has 19 heavy (non-hydrogen) atoms. The van der Waals surface area contributed by atoms with Gasteiger partial charge in [-0.1, -0.05) is 12.2 Å². The van der Waals surface area contributed by atoms with Gasteiger partial charge in [-0.3, -0.25) is 4.79 Å². The molecule has 7 heteroatoms. The summed E-state index contributed by atoms with van der Waals surface area (Å²) in [5.41, 5.74) is 6.82. The number of anilines is 1. The summed E-state index contributed by atoms with van der Waals surface area (Å²) in [5.74, 6) is 0.454. The van der Waals surface area contributed by atoms with Crippen LogP contribution >= 0.6 is 12.2 Å². The van der Waals surface area contributed by atoms with Gasteiger partial charge in [0.15, 0.2) is 0 Å². The van der Waals surface area contributed by atoms with Gasteiger partial charge in [0.25, 0.3) is 0 Å². The Labute approximate surface area is 117 Å². The summed E-state index contributed by atoms with van der Waals surface area (Å²) >= 11 is 4.89. The SMILES string of the molecule is Cc1cc(C(N)=S)nc(NCC(=O)N2CCCC2)n1. The van der Waals surface area contributed by atoms with Crippen molar-refractivity contribution < 1.29 is 4.79 Å². The van der Waals surface area contributed by atoms with Gasteiger partial charge in [0, 0.05) is 18.8 Å². The molecule has 0 spiro atoms. The molecule has 1 aromatic heterocycles. The molecule has 0 aromatic carbocycles. The molecule has 1 fully saturated rings. The molecular weight excluding hydrogens is 262 g/mol. The smallest absolute Gasteiger partial charge is 0.241 e. The van der Waals surface area contributed by atoms with Gasteiger partial charge in [0.1, 0.15) is 10.7 Å². The van der Waals surface area contributed by atoms with Crippen LogP contribution in [0, 0.1) is 6.92 Å². The Morgan fingerprint density at radius 1 is 1.47 bits per heavy atom. The first-order valence-electron chi connectivity index (χ1n) is 6.23. The fourth-order valence-corrected chi connectivity index (χ4v) is 2.11. The van der Waals surface area contributed by atoms with Crippen molar-refractivity contribution in [2.75, 3.05) is 25.0 Å². The van der Waals surface area contributed by atoms with Gasteiger partial charge in [-0.15, -0.1) is 0 Å². The summed E-state index contributed by atoms with van der Waals surface area (Å²) in [6.45, 7) is 3.71. The number of amides is 1. The van der Waals surface area contributed by atoms with E-state index in [1.165, 1.54) is 0 Å². The van der Waals surface area contributed by atoms with E-state index in [1.54, 1.807) is 6.07 Å². The zero-order valence-corrected chi connectivity index (χ0v) is 11.7. The molecule has 6 nitrogen and oxygen atoms in total. The summed E-state index contributed by atoms with van der Waals surface area (Å²) in [7, 11) is 0. The van der Waals surface area contributed by atoms with Crippen LogP contribution in [0.2, 0.25) is 0 Å². The van der Waals surface area contributed by atoms with E-state index in [9.17, 15) is 4.79 Å². The number of carbonyl (C=O) groups excluding carboxylic acids is 1. The highest BCUT2D eigenvalue weighted by Crippen LogP contribution is 2.08. The van der Waals surface area contributed by atoms with Crippen LogP contribution in [0.15, 0.2) is 6.07 Å². The first-order valence-corrected chi connectivity index (χ1v) is 6.64. The standard InChI is InChI=1S/C12H17N5OS/c1-8-6-9(11(13)19)16-12(15-8)14-7-10(18)17-4-2-3-5-17/h6H,2-5,7H2,1H3,(H2,13,19)(H,14,15,16). The van der Waals surface area contributed by atoms with Crippen molar-refractivity contribution in [3.05, 3.63) is 17.5 Å². The number of aromatic nitrogens is 2. The minimum Gasteiger partial charge on any atom is -0.388 e. The molecule has 2 rings (SSSR count). The predicted molar refractivity (Wildman–Crippen MR) is 77.0 cm³/mol. The molecule has 0 unspecified atom stereocenters. The predicted octanol–water partition coefficient (Wildman–Crippen LogP) is 0.454. The molecule has 0 atom stereocenters. The number of rotatable bonds is 4. The highest BCUT2D eigenvalue weighted by atomic mass is 32.1. The molecule has 3 N–H and O–H groups in total. The molecule has 0 bridgehead atoms. The second kappa shape index (κ2) is 5.92. The van der Waals surface area contributed by atoms with Crippen molar-refractivity contribution in [3.8, 4) is 0 Å². The van der Waals surface area contributed by atoms with Crippen molar-refractivity contribution in [1.29, 1.82) is 0 Å². The number of nitrogens with zero attached hydrogens (tertiary/aromatic N) is 3. The van der Waals surface area contributed by atoms with E-state index >= 15 is 0 Å². The summed E-state index contributed by atoms with van der Waals surface area (Å²) in [6.07, 6.45) is 2.16. The number of likely N-dealkylation sites (tertiary alicyclic amines) is 1. The quantitative estimate of drug-likeness (QED) is 0.779. The highest BCUT2D eigenvalue weighted by Gasteiger charge is 2.17. The van der Waals surface area contributed by atoms with Crippen LogP contribution in [0.25, 0.3) is 0 Å². The fraction of sp³-hybridized carbons (Fsp3) is 0.500. The third-order valence-electron chi connectivity index (χ3n) is 2.96. The van der Waals surface area contributed by atoms with Crippen molar-refractivity contribution in [2.24, 2.45) is 5.73 Å². The fourth-order valence-electron chi connectivity index (χ4n) is 2.01. The molecule has 1 aromatic rings. The summed E-state index contributed by atoms with van der Waals surface area (Å²) in [4.78, 5) is 22.3. The average Bonchev–Trinajstić information content (AvgIpc) is 2.89. The van der Waals surface area contributed by atoms with Gasteiger partial charge < -0.3 is 16.0 Å². The van der Waals surface area contributed by atoms with Crippen molar-refractivity contribution in [3.63, 3.8) is 0 Å². The lowest BCUT2D eigenvalue weighted by Gasteiger charge is -2.15. The molecule has 102 valence electrons. The number of hydrogen-bond acceptors (Lipinski definition) is 5.